The van der Waals surface area contributed by atoms with E-state index in [9.17, 15) is 15.0 Å². The number of aliphatic hydroxyl groups excluding tert-OH is 2. The van der Waals surface area contributed by atoms with E-state index >= 15 is 0 Å². The summed E-state index contributed by atoms with van der Waals surface area (Å²) in [6.07, 6.45) is 4.81. The first-order chi connectivity index (χ1) is 11.0. The first kappa shape index (κ1) is 17.9. The molecule has 7 heteroatoms. The molecule has 1 aliphatic heterocycles. The zero-order valence-corrected chi connectivity index (χ0v) is 13.9. The van der Waals surface area contributed by atoms with Gasteiger partial charge in [-0.1, -0.05) is 0 Å². The summed E-state index contributed by atoms with van der Waals surface area (Å²) in [4.78, 5) is 14.2. The Bertz CT molecular complexity index is 519. The van der Waals surface area contributed by atoms with Crippen LogP contribution in [0.4, 0.5) is 0 Å². The molecule has 2 rings (SSSR count). The summed E-state index contributed by atoms with van der Waals surface area (Å²) in [5, 5.41) is 24.3. The van der Waals surface area contributed by atoms with Gasteiger partial charge in [0.1, 0.15) is 6.54 Å². The smallest absolute Gasteiger partial charge is 0.244 e. The number of rotatable bonds is 7. The second kappa shape index (κ2) is 7.90. The van der Waals surface area contributed by atoms with Crippen molar-refractivity contribution in [3.8, 4) is 0 Å². The van der Waals surface area contributed by atoms with Crippen LogP contribution in [0.2, 0.25) is 0 Å². The number of amides is 1. The molecule has 1 fully saturated rings. The fourth-order valence-electron chi connectivity index (χ4n) is 3.20. The Morgan fingerprint density at radius 2 is 2.35 bits per heavy atom. The summed E-state index contributed by atoms with van der Waals surface area (Å²) >= 11 is 0. The lowest BCUT2D eigenvalue weighted by Gasteiger charge is -2.45. The molecule has 0 saturated carbocycles. The molecular formula is C16H27N3O4. The molecule has 1 saturated heterocycles. The predicted octanol–water partition coefficient (Wildman–Crippen LogP) is 0.190. The third-order valence-electron chi connectivity index (χ3n) is 4.64. The number of likely N-dealkylation sites (tertiary alicyclic amines) is 1. The largest absolute Gasteiger partial charge is 0.396 e. The number of carbonyl (C=O) groups excluding carboxylic acids is 1. The molecule has 130 valence electrons. The molecule has 2 atom stereocenters. The summed E-state index contributed by atoms with van der Waals surface area (Å²) in [6.45, 7) is 3.43. The Morgan fingerprint density at radius 3 is 2.96 bits per heavy atom. The highest BCUT2D eigenvalue weighted by Crippen LogP contribution is 2.34. The minimum absolute atomic E-state index is 0.0374. The Balaban J connectivity index is 2.01. The Hall–Kier alpha value is -1.44. The maximum absolute atomic E-state index is 12.5. The van der Waals surface area contributed by atoms with Gasteiger partial charge in [-0.05, 0) is 31.7 Å². The highest BCUT2D eigenvalue weighted by molar-refractivity contribution is 5.76. The summed E-state index contributed by atoms with van der Waals surface area (Å²) in [5.74, 6) is -0.0374. The lowest BCUT2D eigenvalue weighted by atomic mass is 9.74. The van der Waals surface area contributed by atoms with Crippen molar-refractivity contribution < 1.29 is 19.7 Å². The van der Waals surface area contributed by atoms with Crippen molar-refractivity contribution in [2.75, 3.05) is 33.4 Å². The standard InChI is InChI=1S/C16H27N3O4/c1-13-8-17-19(9-13)10-15(22)18-6-4-14(21)16(11-18,12-20)5-3-7-23-2/h8-9,14,20-21H,3-7,10-12H2,1-2H3/t14-,16+/m1/s1. The molecule has 23 heavy (non-hydrogen) atoms. The van der Waals surface area contributed by atoms with Crippen molar-refractivity contribution in [2.45, 2.75) is 38.8 Å². The van der Waals surface area contributed by atoms with Crippen molar-refractivity contribution in [3.63, 3.8) is 0 Å². The van der Waals surface area contributed by atoms with E-state index in [1.54, 1.807) is 22.9 Å². The highest BCUT2D eigenvalue weighted by atomic mass is 16.5. The molecule has 0 unspecified atom stereocenters. The second-order valence-corrected chi connectivity index (χ2v) is 6.45. The van der Waals surface area contributed by atoms with Crippen molar-refractivity contribution in [1.29, 1.82) is 0 Å². The zero-order valence-electron chi connectivity index (χ0n) is 13.9. The number of nitrogens with zero attached hydrogens (tertiary/aromatic N) is 3. The third kappa shape index (κ3) is 4.31. The van der Waals surface area contributed by atoms with Gasteiger partial charge in [0.2, 0.25) is 5.91 Å². The van der Waals surface area contributed by atoms with Crippen LogP contribution in [-0.4, -0.2) is 70.3 Å². The van der Waals surface area contributed by atoms with Gasteiger partial charge >= 0.3 is 0 Å². The molecular weight excluding hydrogens is 298 g/mol. The molecule has 0 aliphatic carbocycles. The number of hydrogen-bond acceptors (Lipinski definition) is 5. The topological polar surface area (TPSA) is 87.8 Å². The molecule has 0 bridgehead atoms. The van der Waals surface area contributed by atoms with Gasteiger partial charge in [0.15, 0.2) is 0 Å². The number of methoxy groups -OCH3 is 1. The zero-order chi connectivity index (χ0) is 16.9. The molecule has 1 amide bonds. The van der Waals surface area contributed by atoms with Crippen LogP contribution >= 0.6 is 0 Å². The predicted molar refractivity (Wildman–Crippen MR) is 84.8 cm³/mol. The lowest BCUT2D eigenvalue weighted by Crippen LogP contribution is -2.55. The van der Waals surface area contributed by atoms with Crippen LogP contribution in [-0.2, 0) is 16.1 Å². The minimum atomic E-state index is -0.660. The van der Waals surface area contributed by atoms with Crippen molar-refractivity contribution in [2.24, 2.45) is 5.41 Å². The first-order valence-electron chi connectivity index (χ1n) is 8.05. The van der Waals surface area contributed by atoms with Crippen molar-refractivity contribution in [3.05, 3.63) is 18.0 Å². The Kier molecular flexibility index (Phi) is 6.15. The minimum Gasteiger partial charge on any atom is -0.396 e. The van der Waals surface area contributed by atoms with E-state index in [0.29, 0.717) is 32.5 Å². The fraction of sp³-hybridized carbons (Fsp3) is 0.750. The van der Waals surface area contributed by atoms with Crippen molar-refractivity contribution in [1.82, 2.24) is 14.7 Å². The molecule has 2 heterocycles. The van der Waals surface area contributed by atoms with Gasteiger partial charge < -0.3 is 19.8 Å². The van der Waals surface area contributed by atoms with E-state index in [2.05, 4.69) is 5.10 Å². The number of aromatic nitrogens is 2. The van der Waals surface area contributed by atoms with Gasteiger partial charge in [-0.2, -0.15) is 5.10 Å². The van der Waals surface area contributed by atoms with Crippen molar-refractivity contribution >= 4 is 5.91 Å². The second-order valence-electron chi connectivity index (χ2n) is 6.45. The Morgan fingerprint density at radius 1 is 1.57 bits per heavy atom. The van der Waals surface area contributed by atoms with Gasteiger partial charge in [0.05, 0.1) is 18.9 Å². The number of ether oxygens (including phenoxy) is 1. The maximum Gasteiger partial charge on any atom is 0.244 e. The average molecular weight is 325 g/mol. The number of piperidine rings is 1. The number of aryl methyl sites for hydroxylation is 1. The van der Waals surface area contributed by atoms with Crippen LogP contribution in [0, 0.1) is 12.3 Å². The molecule has 0 aromatic carbocycles. The Labute approximate surface area is 136 Å². The fourth-order valence-corrected chi connectivity index (χ4v) is 3.20. The van der Waals surface area contributed by atoms with E-state index in [0.717, 1.165) is 12.0 Å². The normalized spacial score (nSPS) is 24.9. The lowest BCUT2D eigenvalue weighted by molar-refractivity contribution is -0.143. The summed E-state index contributed by atoms with van der Waals surface area (Å²) in [7, 11) is 1.63. The van der Waals surface area contributed by atoms with Gasteiger partial charge in [-0.15, -0.1) is 0 Å². The summed E-state index contributed by atoms with van der Waals surface area (Å²) in [6, 6.07) is 0. The quantitative estimate of drug-likeness (QED) is 0.699. The van der Waals surface area contributed by atoms with E-state index in [4.69, 9.17) is 4.74 Å². The number of aliphatic hydroxyl groups is 2. The van der Waals surface area contributed by atoms with Crippen LogP contribution in [0.3, 0.4) is 0 Å². The monoisotopic (exact) mass is 325 g/mol. The van der Waals surface area contributed by atoms with E-state index in [-0.39, 0.29) is 19.1 Å². The molecule has 1 aromatic heterocycles. The highest BCUT2D eigenvalue weighted by Gasteiger charge is 2.43. The molecule has 1 aromatic rings. The molecule has 0 spiro atoms. The van der Waals surface area contributed by atoms with Gasteiger partial charge in [0.25, 0.3) is 0 Å². The van der Waals surface area contributed by atoms with Crippen LogP contribution in [0.1, 0.15) is 24.8 Å². The first-order valence-corrected chi connectivity index (χ1v) is 8.05. The van der Waals surface area contributed by atoms with Crippen LogP contribution in [0.25, 0.3) is 0 Å². The number of hydrogen-bond donors (Lipinski definition) is 2. The van der Waals surface area contributed by atoms with Gasteiger partial charge in [-0.25, -0.2) is 0 Å². The van der Waals surface area contributed by atoms with E-state index < -0.39 is 11.5 Å². The van der Waals surface area contributed by atoms with E-state index in [1.165, 1.54) is 0 Å². The maximum atomic E-state index is 12.5. The third-order valence-corrected chi connectivity index (χ3v) is 4.64. The summed E-state index contributed by atoms with van der Waals surface area (Å²) in [5.41, 5.74) is 0.350. The summed E-state index contributed by atoms with van der Waals surface area (Å²) < 4.78 is 6.68. The van der Waals surface area contributed by atoms with Crippen LogP contribution in [0.15, 0.2) is 12.4 Å². The SMILES string of the molecule is COCCC[C@@]1(CO)CN(C(=O)Cn2cc(C)cn2)CC[C@H]1O. The van der Waals surface area contributed by atoms with E-state index in [1.807, 2.05) is 13.1 Å². The van der Waals surface area contributed by atoms with Crippen LogP contribution < -0.4 is 0 Å². The molecule has 0 radical (unpaired) electrons. The molecule has 7 nitrogen and oxygen atoms in total. The van der Waals surface area contributed by atoms with Crippen LogP contribution in [0.5, 0.6) is 0 Å². The van der Waals surface area contributed by atoms with Gasteiger partial charge in [0, 0.05) is 38.4 Å². The van der Waals surface area contributed by atoms with Gasteiger partial charge in [-0.3, -0.25) is 9.48 Å². The average Bonchev–Trinajstić information content (AvgIpc) is 2.94. The number of carbonyl (C=O) groups is 1. The molecule has 1 aliphatic rings. The molecule has 2 N–H and O–H groups in total.